The van der Waals surface area contributed by atoms with E-state index >= 15 is 0 Å². The second-order valence-corrected chi connectivity index (χ2v) is 3.55. The molecule has 0 aliphatic rings. The molecule has 0 N–H and O–H groups in total. The number of esters is 1. The normalized spacial score (nSPS) is 10.0. The summed E-state index contributed by atoms with van der Waals surface area (Å²) in [6, 6.07) is 13.9. The van der Waals surface area contributed by atoms with Crippen molar-refractivity contribution in [3.63, 3.8) is 0 Å². The molecule has 0 radical (unpaired) electrons. The largest absolute Gasteiger partial charge is 0.465 e. The topological polar surface area (TPSA) is 26.3 Å². The molecule has 0 spiro atoms. The summed E-state index contributed by atoms with van der Waals surface area (Å²) < 4.78 is 18.0. The molecule has 0 unspecified atom stereocenters. The fourth-order valence-corrected chi connectivity index (χ4v) is 1.60. The van der Waals surface area contributed by atoms with Crippen molar-refractivity contribution in [2.75, 3.05) is 7.11 Å². The first-order valence-corrected chi connectivity index (χ1v) is 5.15. The molecule has 0 aromatic heterocycles. The van der Waals surface area contributed by atoms with Gasteiger partial charge in [-0.3, -0.25) is 0 Å². The number of halogens is 1. The first-order chi connectivity index (χ1) is 8.22. The van der Waals surface area contributed by atoms with Crippen LogP contribution in [0.25, 0.3) is 11.1 Å². The van der Waals surface area contributed by atoms with E-state index in [1.165, 1.54) is 19.2 Å². The van der Waals surface area contributed by atoms with Crippen molar-refractivity contribution in [3.05, 3.63) is 59.9 Å². The number of carbonyl (C=O) groups is 1. The summed E-state index contributed by atoms with van der Waals surface area (Å²) in [5, 5.41) is 0. The Morgan fingerprint density at radius 1 is 1.06 bits per heavy atom. The second kappa shape index (κ2) is 4.78. The molecule has 2 nitrogen and oxygen atoms in total. The summed E-state index contributed by atoms with van der Waals surface area (Å²) >= 11 is 0. The maximum Gasteiger partial charge on any atom is 0.340 e. The van der Waals surface area contributed by atoms with Gasteiger partial charge in [0, 0.05) is 0 Å². The van der Waals surface area contributed by atoms with Crippen LogP contribution in [0.1, 0.15) is 10.4 Å². The summed E-state index contributed by atoms with van der Waals surface area (Å²) in [6.07, 6.45) is 0. The van der Waals surface area contributed by atoms with Crippen LogP contribution in [0.15, 0.2) is 48.5 Å². The minimum atomic E-state index is -0.666. The zero-order chi connectivity index (χ0) is 12.3. The van der Waals surface area contributed by atoms with Gasteiger partial charge in [-0.2, -0.15) is 0 Å². The van der Waals surface area contributed by atoms with Crippen molar-refractivity contribution in [2.24, 2.45) is 0 Å². The van der Waals surface area contributed by atoms with E-state index in [2.05, 4.69) is 4.74 Å². The zero-order valence-electron chi connectivity index (χ0n) is 9.31. The third-order valence-electron chi connectivity index (χ3n) is 2.48. The predicted octanol–water partition coefficient (Wildman–Crippen LogP) is 3.28. The van der Waals surface area contributed by atoms with Crippen LogP contribution in [0.2, 0.25) is 0 Å². The maximum atomic E-state index is 13.4. The molecule has 0 heterocycles. The lowest BCUT2D eigenvalue weighted by molar-refractivity contribution is 0.0595. The van der Waals surface area contributed by atoms with Crippen molar-refractivity contribution in [1.82, 2.24) is 0 Å². The molecule has 2 aromatic carbocycles. The van der Waals surface area contributed by atoms with Crippen LogP contribution < -0.4 is 0 Å². The summed E-state index contributed by atoms with van der Waals surface area (Å²) in [5.74, 6) is -1.24. The summed E-state index contributed by atoms with van der Waals surface area (Å²) in [6.45, 7) is 0. The van der Waals surface area contributed by atoms with E-state index in [-0.39, 0.29) is 5.56 Å². The minimum Gasteiger partial charge on any atom is -0.465 e. The molecule has 17 heavy (non-hydrogen) atoms. The monoisotopic (exact) mass is 230 g/mol. The van der Waals surface area contributed by atoms with Gasteiger partial charge in [0.1, 0.15) is 5.82 Å². The number of carbonyl (C=O) groups excluding carboxylic acids is 1. The Bertz CT molecular complexity index is 535. The van der Waals surface area contributed by atoms with Crippen LogP contribution in [-0.4, -0.2) is 13.1 Å². The number of ether oxygens (including phenoxy) is 1. The Morgan fingerprint density at radius 3 is 2.41 bits per heavy atom. The number of methoxy groups -OCH3 is 1. The van der Waals surface area contributed by atoms with Gasteiger partial charge in [0.15, 0.2) is 0 Å². The molecule has 0 saturated heterocycles. The molecule has 0 amide bonds. The van der Waals surface area contributed by atoms with E-state index in [1.54, 1.807) is 6.07 Å². The predicted molar refractivity (Wildman–Crippen MR) is 63.2 cm³/mol. The standard InChI is InChI=1S/C14H11FO2/c1-17-14(16)12-9-11(7-8-13(12)15)10-5-3-2-4-6-10/h2-9H,1H3. The Labute approximate surface area is 98.7 Å². The molecular weight excluding hydrogens is 219 g/mol. The smallest absolute Gasteiger partial charge is 0.340 e. The lowest BCUT2D eigenvalue weighted by Crippen LogP contribution is -2.04. The zero-order valence-corrected chi connectivity index (χ0v) is 9.31. The van der Waals surface area contributed by atoms with Crippen LogP contribution in [0, 0.1) is 5.82 Å². The average molecular weight is 230 g/mol. The van der Waals surface area contributed by atoms with E-state index in [0.717, 1.165) is 11.1 Å². The van der Waals surface area contributed by atoms with Crippen LogP contribution >= 0.6 is 0 Å². The number of hydrogen-bond acceptors (Lipinski definition) is 2. The first kappa shape index (κ1) is 11.3. The Kier molecular flexibility index (Phi) is 3.19. The number of hydrogen-bond donors (Lipinski definition) is 0. The van der Waals surface area contributed by atoms with E-state index in [4.69, 9.17) is 0 Å². The van der Waals surface area contributed by atoms with E-state index in [1.807, 2.05) is 30.3 Å². The van der Waals surface area contributed by atoms with E-state index < -0.39 is 11.8 Å². The van der Waals surface area contributed by atoms with Crippen LogP contribution in [0.5, 0.6) is 0 Å². The first-order valence-electron chi connectivity index (χ1n) is 5.15. The van der Waals surface area contributed by atoms with Crippen molar-refractivity contribution in [2.45, 2.75) is 0 Å². The molecule has 0 fully saturated rings. The SMILES string of the molecule is COC(=O)c1cc(-c2ccccc2)ccc1F. The quantitative estimate of drug-likeness (QED) is 0.740. The van der Waals surface area contributed by atoms with Crippen molar-refractivity contribution in [1.29, 1.82) is 0 Å². The lowest BCUT2D eigenvalue weighted by Gasteiger charge is -2.05. The van der Waals surface area contributed by atoms with Gasteiger partial charge in [-0.15, -0.1) is 0 Å². The van der Waals surface area contributed by atoms with Crippen molar-refractivity contribution >= 4 is 5.97 Å². The Morgan fingerprint density at radius 2 is 1.76 bits per heavy atom. The van der Waals surface area contributed by atoms with Gasteiger partial charge < -0.3 is 4.74 Å². The molecule has 0 bridgehead atoms. The molecule has 3 heteroatoms. The van der Waals surface area contributed by atoms with Gasteiger partial charge in [0.2, 0.25) is 0 Å². The number of benzene rings is 2. The fourth-order valence-electron chi connectivity index (χ4n) is 1.60. The van der Waals surface area contributed by atoms with E-state index in [9.17, 15) is 9.18 Å². The Hall–Kier alpha value is -2.16. The van der Waals surface area contributed by atoms with Crippen molar-refractivity contribution in [3.8, 4) is 11.1 Å². The molecule has 0 saturated carbocycles. The highest BCUT2D eigenvalue weighted by Gasteiger charge is 2.12. The molecular formula is C14H11FO2. The van der Waals surface area contributed by atoms with Gasteiger partial charge in [0.05, 0.1) is 12.7 Å². The second-order valence-electron chi connectivity index (χ2n) is 3.55. The molecule has 0 aliphatic heterocycles. The summed E-state index contributed by atoms with van der Waals surface area (Å²) in [7, 11) is 1.23. The van der Waals surface area contributed by atoms with Crippen LogP contribution in [0.3, 0.4) is 0 Å². The molecule has 86 valence electrons. The van der Waals surface area contributed by atoms with E-state index in [0.29, 0.717) is 0 Å². The van der Waals surface area contributed by atoms with Crippen LogP contribution in [0.4, 0.5) is 4.39 Å². The highest BCUT2D eigenvalue weighted by atomic mass is 19.1. The van der Waals surface area contributed by atoms with Crippen molar-refractivity contribution < 1.29 is 13.9 Å². The molecule has 2 aromatic rings. The lowest BCUT2D eigenvalue weighted by atomic mass is 10.0. The number of rotatable bonds is 2. The summed E-state index contributed by atoms with van der Waals surface area (Å²) in [5.41, 5.74) is 1.67. The maximum absolute atomic E-state index is 13.4. The molecule has 0 atom stereocenters. The minimum absolute atomic E-state index is 0.0474. The molecule has 0 aliphatic carbocycles. The molecule has 2 rings (SSSR count). The van der Waals surface area contributed by atoms with Gasteiger partial charge >= 0.3 is 5.97 Å². The highest BCUT2D eigenvalue weighted by molar-refractivity contribution is 5.91. The van der Waals surface area contributed by atoms with Gasteiger partial charge in [-0.1, -0.05) is 36.4 Å². The van der Waals surface area contributed by atoms with Gasteiger partial charge in [0.25, 0.3) is 0 Å². The average Bonchev–Trinajstić information content (AvgIpc) is 2.39. The Balaban J connectivity index is 2.48. The van der Waals surface area contributed by atoms with Crippen LogP contribution in [-0.2, 0) is 4.74 Å². The third-order valence-corrected chi connectivity index (χ3v) is 2.48. The van der Waals surface area contributed by atoms with Gasteiger partial charge in [-0.05, 0) is 23.3 Å². The van der Waals surface area contributed by atoms with Gasteiger partial charge in [-0.25, -0.2) is 9.18 Å². The summed E-state index contributed by atoms with van der Waals surface area (Å²) in [4.78, 5) is 11.4. The third kappa shape index (κ3) is 2.33. The highest BCUT2D eigenvalue weighted by Crippen LogP contribution is 2.22. The fraction of sp³-hybridized carbons (Fsp3) is 0.0714.